The predicted molar refractivity (Wildman–Crippen MR) is 52.4 cm³/mol. The van der Waals surface area contributed by atoms with Crippen LogP contribution in [0.5, 0.6) is 0 Å². The molecule has 0 aliphatic rings. The van der Waals surface area contributed by atoms with Crippen LogP contribution in [0.15, 0.2) is 30.6 Å². The van der Waals surface area contributed by atoms with Crippen molar-refractivity contribution in [3.63, 3.8) is 0 Å². The highest BCUT2D eigenvalue weighted by molar-refractivity contribution is 5.33. The normalized spacial score (nSPS) is 12.1. The third kappa shape index (κ3) is 1.77. The van der Waals surface area contributed by atoms with Gasteiger partial charge in [-0.2, -0.15) is 5.26 Å². The van der Waals surface area contributed by atoms with Gasteiger partial charge < -0.3 is 4.98 Å². The molecule has 1 atom stereocenters. The molecule has 0 saturated carbocycles. The number of hydrogen-bond acceptors (Lipinski definition) is 2. The maximum Gasteiger partial charge on any atom is 0.132 e. The van der Waals surface area contributed by atoms with E-state index in [0.29, 0.717) is 5.82 Å². The van der Waals surface area contributed by atoms with Crippen LogP contribution in [-0.4, -0.2) is 9.97 Å². The van der Waals surface area contributed by atoms with Gasteiger partial charge in [-0.3, -0.25) is 0 Å². The van der Waals surface area contributed by atoms with E-state index in [1.165, 1.54) is 12.4 Å². The third-order valence-corrected chi connectivity index (χ3v) is 2.19. The van der Waals surface area contributed by atoms with Crippen LogP contribution < -0.4 is 0 Å². The average molecular weight is 219 g/mol. The Labute approximate surface area is 90.4 Å². The zero-order valence-electron chi connectivity index (χ0n) is 8.11. The van der Waals surface area contributed by atoms with Gasteiger partial charge in [0.2, 0.25) is 0 Å². The number of imidazole rings is 1. The third-order valence-electron chi connectivity index (χ3n) is 2.19. The molecule has 0 fully saturated rings. The standard InChI is InChI=1S/C11H7F2N3/c12-7-1-2-10(13)8(5-7)9(6-14)11-15-3-4-16-11/h1-5,9H,(H,15,16). The van der Waals surface area contributed by atoms with Crippen LogP contribution in [0, 0.1) is 23.0 Å². The van der Waals surface area contributed by atoms with Gasteiger partial charge in [0.15, 0.2) is 0 Å². The van der Waals surface area contributed by atoms with Gasteiger partial charge in [-0.25, -0.2) is 13.8 Å². The van der Waals surface area contributed by atoms with Crippen molar-refractivity contribution in [2.75, 3.05) is 0 Å². The molecule has 2 rings (SSSR count). The predicted octanol–water partition coefficient (Wildman–Crippen LogP) is 2.34. The van der Waals surface area contributed by atoms with Crippen molar-refractivity contribution in [3.05, 3.63) is 53.6 Å². The molecule has 5 heteroatoms. The van der Waals surface area contributed by atoms with Gasteiger partial charge >= 0.3 is 0 Å². The molecule has 80 valence electrons. The van der Waals surface area contributed by atoms with Gasteiger partial charge in [-0.05, 0) is 18.2 Å². The molecule has 0 radical (unpaired) electrons. The molecular weight excluding hydrogens is 212 g/mol. The first-order valence-electron chi connectivity index (χ1n) is 4.56. The van der Waals surface area contributed by atoms with Crippen molar-refractivity contribution < 1.29 is 8.78 Å². The lowest BCUT2D eigenvalue weighted by Crippen LogP contribution is -2.04. The van der Waals surface area contributed by atoms with E-state index in [2.05, 4.69) is 9.97 Å². The molecule has 1 unspecified atom stereocenters. The van der Waals surface area contributed by atoms with Crippen LogP contribution in [0.4, 0.5) is 8.78 Å². The Morgan fingerprint density at radius 3 is 2.81 bits per heavy atom. The van der Waals surface area contributed by atoms with Gasteiger partial charge in [0.1, 0.15) is 23.4 Å². The van der Waals surface area contributed by atoms with Crippen LogP contribution >= 0.6 is 0 Å². The Bertz CT molecular complexity index is 529. The molecule has 0 aliphatic heterocycles. The zero-order valence-corrected chi connectivity index (χ0v) is 8.11. The van der Waals surface area contributed by atoms with Crippen LogP contribution in [-0.2, 0) is 0 Å². The maximum atomic E-state index is 13.4. The van der Waals surface area contributed by atoms with Crippen LogP contribution in [0.2, 0.25) is 0 Å². The van der Waals surface area contributed by atoms with E-state index in [1.807, 2.05) is 6.07 Å². The molecule has 0 spiro atoms. The minimum absolute atomic E-state index is 0.0162. The highest BCUT2D eigenvalue weighted by atomic mass is 19.1. The highest BCUT2D eigenvalue weighted by Gasteiger charge is 2.20. The van der Waals surface area contributed by atoms with Crippen molar-refractivity contribution in [3.8, 4) is 6.07 Å². The molecule has 2 aromatic rings. The largest absolute Gasteiger partial charge is 0.347 e. The van der Waals surface area contributed by atoms with Gasteiger partial charge in [-0.15, -0.1) is 0 Å². The number of aromatic nitrogens is 2. The van der Waals surface area contributed by atoms with Crippen molar-refractivity contribution in [1.82, 2.24) is 9.97 Å². The number of nitrogens with zero attached hydrogens (tertiary/aromatic N) is 2. The quantitative estimate of drug-likeness (QED) is 0.842. The van der Waals surface area contributed by atoms with Crippen molar-refractivity contribution in [2.24, 2.45) is 0 Å². The summed E-state index contributed by atoms with van der Waals surface area (Å²) in [7, 11) is 0. The number of aromatic amines is 1. The van der Waals surface area contributed by atoms with Gasteiger partial charge in [0.25, 0.3) is 0 Å². The second-order valence-corrected chi connectivity index (χ2v) is 3.20. The molecule has 0 aliphatic carbocycles. The fourth-order valence-corrected chi connectivity index (χ4v) is 1.45. The molecule has 1 N–H and O–H groups in total. The molecular formula is C11H7F2N3. The summed E-state index contributed by atoms with van der Waals surface area (Å²) in [5.41, 5.74) is -0.0162. The minimum Gasteiger partial charge on any atom is -0.347 e. The van der Waals surface area contributed by atoms with Crippen molar-refractivity contribution in [2.45, 2.75) is 5.92 Å². The summed E-state index contributed by atoms with van der Waals surface area (Å²) in [6, 6.07) is 4.90. The molecule has 1 heterocycles. The second-order valence-electron chi connectivity index (χ2n) is 3.20. The summed E-state index contributed by atoms with van der Waals surface area (Å²) in [6.45, 7) is 0. The van der Waals surface area contributed by atoms with Crippen molar-refractivity contribution in [1.29, 1.82) is 5.26 Å². The van der Waals surface area contributed by atoms with Crippen molar-refractivity contribution >= 4 is 0 Å². The zero-order chi connectivity index (χ0) is 11.5. The molecule has 0 saturated heterocycles. The fraction of sp³-hybridized carbons (Fsp3) is 0.0909. The Balaban J connectivity index is 2.50. The Morgan fingerprint density at radius 1 is 1.38 bits per heavy atom. The number of halogens is 2. The first kappa shape index (κ1) is 10.3. The monoisotopic (exact) mass is 219 g/mol. The number of hydrogen-bond donors (Lipinski definition) is 1. The molecule has 1 aromatic carbocycles. The van der Waals surface area contributed by atoms with Gasteiger partial charge in [-0.1, -0.05) is 0 Å². The SMILES string of the molecule is N#CC(c1ncc[nH]1)c1cc(F)ccc1F. The van der Waals surface area contributed by atoms with Crippen LogP contribution in [0.1, 0.15) is 17.3 Å². The van der Waals surface area contributed by atoms with Gasteiger partial charge in [0.05, 0.1) is 6.07 Å². The summed E-state index contributed by atoms with van der Waals surface area (Å²) in [5, 5.41) is 8.97. The molecule has 0 bridgehead atoms. The summed E-state index contributed by atoms with van der Waals surface area (Å²) in [4.78, 5) is 6.58. The summed E-state index contributed by atoms with van der Waals surface area (Å²) < 4.78 is 26.4. The van der Waals surface area contributed by atoms with E-state index in [-0.39, 0.29) is 5.56 Å². The Kier molecular flexibility index (Phi) is 2.64. The second kappa shape index (κ2) is 4.11. The summed E-state index contributed by atoms with van der Waals surface area (Å²) in [5.74, 6) is -1.83. The van der Waals surface area contributed by atoms with E-state index in [1.54, 1.807) is 0 Å². The van der Waals surface area contributed by atoms with E-state index >= 15 is 0 Å². The maximum absolute atomic E-state index is 13.4. The van der Waals surface area contributed by atoms with E-state index in [0.717, 1.165) is 18.2 Å². The Hall–Kier alpha value is -2.22. The number of rotatable bonds is 2. The number of H-pyrrole nitrogens is 1. The summed E-state index contributed by atoms with van der Waals surface area (Å²) >= 11 is 0. The molecule has 0 amide bonds. The Morgan fingerprint density at radius 2 is 2.19 bits per heavy atom. The van der Waals surface area contributed by atoms with Gasteiger partial charge in [0, 0.05) is 18.0 Å². The number of nitrogens with one attached hydrogen (secondary N) is 1. The lowest BCUT2D eigenvalue weighted by molar-refractivity contribution is 0.582. The lowest BCUT2D eigenvalue weighted by atomic mass is 9.99. The smallest absolute Gasteiger partial charge is 0.132 e. The van der Waals surface area contributed by atoms with E-state index in [4.69, 9.17) is 5.26 Å². The van der Waals surface area contributed by atoms with Crippen LogP contribution in [0.25, 0.3) is 0 Å². The first-order chi connectivity index (χ1) is 7.72. The van der Waals surface area contributed by atoms with E-state index < -0.39 is 17.6 Å². The van der Waals surface area contributed by atoms with Crippen LogP contribution in [0.3, 0.4) is 0 Å². The number of benzene rings is 1. The number of nitriles is 1. The molecule has 16 heavy (non-hydrogen) atoms. The lowest BCUT2D eigenvalue weighted by Gasteiger charge is -2.07. The van der Waals surface area contributed by atoms with E-state index in [9.17, 15) is 8.78 Å². The minimum atomic E-state index is -0.925. The highest BCUT2D eigenvalue weighted by Crippen LogP contribution is 2.24. The first-order valence-corrected chi connectivity index (χ1v) is 4.56. The topological polar surface area (TPSA) is 52.5 Å². The molecule has 1 aromatic heterocycles. The fourth-order valence-electron chi connectivity index (χ4n) is 1.45. The summed E-state index contributed by atoms with van der Waals surface area (Å²) in [6.07, 6.45) is 2.98. The average Bonchev–Trinajstić information content (AvgIpc) is 2.78. The molecule has 3 nitrogen and oxygen atoms in total.